The molecule has 3 aromatic rings. The Morgan fingerprint density at radius 2 is 1.80 bits per heavy atom. The lowest BCUT2D eigenvalue weighted by atomic mass is 9.80. The lowest BCUT2D eigenvalue weighted by Crippen LogP contribution is -2.45. The van der Waals surface area contributed by atoms with Gasteiger partial charge in [-0.25, -0.2) is 18.7 Å². The first-order valence-corrected chi connectivity index (χ1v) is 11.1. The van der Waals surface area contributed by atoms with E-state index >= 15 is 8.78 Å². The summed E-state index contributed by atoms with van der Waals surface area (Å²) in [6.45, 7) is 1.90. The molecule has 0 radical (unpaired) electrons. The Hall–Kier alpha value is -3.73. The van der Waals surface area contributed by atoms with Crippen molar-refractivity contribution in [3.05, 3.63) is 100 Å². The van der Waals surface area contributed by atoms with E-state index in [1.54, 1.807) is 0 Å². The molecule has 0 saturated heterocycles. The number of alkyl halides is 2. The van der Waals surface area contributed by atoms with Crippen molar-refractivity contribution in [2.45, 2.75) is 23.7 Å². The van der Waals surface area contributed by atoms with Gasteiger partial charge in [-0.2, -0.15) is 14.0 Å². The first-order chi connectivity index (χ1) is 16.7. The van der Waals surface area contributed by atoms with Gasteiger partial charge in [-0.15, -0.1) is 0 Å². The van der Waals surface area contributed by atoms with Gasteiger partial charge in [0.2, 0.25) is 0 Å². The third-order valence-corrected chi connectivity index (χ3v) is 6.72. The summed E-state index contributed by atoms with van der Waals surface area (Å²) in [4.78, 5) is 11.8. The van der Waals surface area contributed by atoms with Crippen LogP contribution in [0.3, 0.4) is 0 Å². The van der Waals surface area contributed by atoms with Crippen molar-refractivity contribution in [1.29, 1.82) is 5.26 Å². The molecule has 0 aliphatic carbocycles. The van der Waals surface area contributed by atoms with E-state index in [2.05, 4.69) is 32.9 Å². The number of allylic oxidation sites excluding steroid dienone is 2. The second-order valence-corrected chi connectivity index (χ2v) is 8.96. The van der Waals surface area contributed by atoms with E-state index in [1.807, 2.05) is 13.0 Å². The molecule has 1 aliphatic heterocycles. The van der Waals surface area contributed by atoms with Crippen LogP contribution in [0.4, 0.5) is 17.6 Å². The van der Waals surface area contributed by atoms with Crippen LogP contribution in [0.15, 0.2) is 66.2 Å². The molecular weight excluding hydrogens is 480 g/mol. The van der Waals surface area contributed by atoms with Crippen LogP contribution in [0, 0.1) is 40.7 Å². The Kier molecular flexibility index (Phi) is 6.62. The average Bonchev–Trinajstić information content (AvgIpc) is 3.22. The zero-order chi connectivity index (χ0) is 25.2. The fourth-order valence-electron chi connectivity index (χ4n) is 3.57. The number of hydrogen-bond donors (Lipinski definition) is 1. The van der Waals surface area contributed by atoms with E-state index in [0.717, 1.165) is 43.1 Å². The lowest BCUT2D eigenvalue weighted by Gasteiger charge is -2.36. The second kappa shape index (κ2) is 9.49. The molecule has 176 valence electrons. The molecule has 1 aliphatic rings. The van der Waals surface area contributed by atoms with Gasteiger partial charge in [0.05, 0.1) is 11.0 Å². The highest BCUT2D eigenvalue weighted by Gasteiger charge is 2.58. The summed E-state index contributed by atoms with van der Waals surface area (Å²) < 4.78 is 59.8. The summed E-state index contributed by atoms with van der Waals surface area (Å²) in [5.74, 6) is -0.802. The Morgan fingerprint density at radius 1 is 1.06 bits per heavy atom. The third-order valence-electron chi connectivity index (χ3n) is 5.44. The summed E-state index contributed by atoms with van der Waals surface area (Å²) in [7, 11) is 0. The predicted molar refractivity (Wildman–Crippen MR) is 121 cm³/mol. The zero-order valence-electron chi connectivity index (χ0n) is 18.1. The van der Waals surface area contributed by atoms with Crippen LogP contribution in [-0.2, 0) is 11.5 Å². The van der Waals surface area contributed by atoms with Gasteiger partial charge in [0.25, 0.3) is 0 Å². The zero-order valence-corrected chi connectivity index (χ0v) is 18.9. The minimum absolute atomic E-state index is 0.0417. The normalized spacial score (nSPS) is 19.2. The molecule has 1 aromatic carbocycles. The van der Waals surface area contributed by atoms with E-state index in [-0.39, 0.29) is 11.2 Å². The molecule has 0 amide bonds. The molecule has 10 heteroatoms. The van der Waals surface area contributed by atoms with Crippen LogP contribution >= 0.6 is 11.8 Å². The number of rotatable bonds is 4. The van der Waals surface area contributed by atoms with Gasteiger partial charge in [-0.05, 0) is 24.3 Å². The van der Waals surface area contributed by atoms with Crippen molar-refractivity contribution in [2.75, 3.05) is 0 Å². The van der Waals surface area contributed by atoms with Gasteiger partial charge in [0, 0.05) is 47.3 Å². The van der Waals surface area contributed by atoms with Gasteiger partial charge < -0.3 is 5.11 Å². The van der Waals surface area contributed by atoms with Crippen molar-refractivity contribution >= 4 is 11.8 Å². The fraction of sp³-hybridized carbons (Fsp3) is 0.200. The number of thioether (sulfide) groups is 1. The van der Waals surface area contributed by atoms with Crippen LogP contribution in [0.2, 0.25) is 0 Å². The van der Waals surface area contributed by atoms with Crippen LogP contribution in [0.25, 0.3) is 0 Å². The number of pyridine rings is 1. The monoisotopic (exact) mass is 496 g/mol. The number of hydrogen-bond acceptors (Lipinski definition) is 6. The largest absolute Gasteiger partial charge is 0.374 e. The van der Waals surface area contributed by atoms with Gasteiger partial charge in [0.15, 0.2) is 5.60 Å². The number of nitrogens with zero attached hydrogens (tertiary/aromatic N) is 4. The minimum atomic E-state index is -4.18. The summed E-state index contributed by atoms with van der Waals surface area (Å²) in [5.41, 5.74) is -5.22. The smallest absolute Gasteiger partial charge is 0.326 e. The van der Waals surface area contributed by atoms with E-state index in [4.69, 9.17) is 5.26 Å². The average molecular weight is 496 g/mol. The molecule has 0 saturated carbocycles. The molecule has 3 atom stereocenters. The number of aliphatic hydroxyl groups is 1. The van der Waals surface area contributed by atoms with Crippen LogP contribution in [0.1, 0.15) is 29.3 Å². The summed E-state index contributed by atoms with van der Waals surface area (Å²) in [6.07, 6.45) is 5.87. The molecule has 5 nitrogen and oxygen atoms in total. The van der Waals surface area contributed by atoms with Gasteiger partial charge in [0.1, 0.15) is 28.9 Å². The highest BCUT2D eigenvalue weighted by Crippen LogP contribution is 2.49. The van der Waals surface area contributed by atoms with Gasteiger partial charge >= 0.3 is 5.92 Å². The number of benzene rings is 1. The summed E-state index contributed by atoms with van der Waals surface area (Å²) in [5, 5.41) is 20.2. The molecule has 2 aromatic heterocycles. The highest BCUT2D eigenvalue weighted by molar-refractivity contribution is 8.04. The number of halogens is 4. The third kappa shape index (κ3) is 4.51. The predicted octanol–water partition coefficient (Wildman–Crippen LogP) is 4.69. The first-order valence-electron chi connectivity index (χ1n) is 10.2. The Morgan fingerprint density at radius 3 is 2.40 bits per heavy atom. The molecule has 1 N–H and O–H groups in total. The van der Waals surface area contributed by atoms with Crippen molar-refractivity contribution in [3.8, 4) is 17.9 Å². The Balaban J connectivity index is 1.72. The molecule has 0 fully saturated rings. The fourth-order valence-corrected chi connectivity index (χ4v) is 4.59. The standard InChI is InChI=1S/C25H16F4N4OS/c1-15-8-19(35-22(15)10-30)5-2-16-3-7-23(33-11-16)25(28,29)24(34,17-12-31-14-32-13-17)20-6-4-18(26)9-21(20)27/h3-4,6-9,11-15,22,34H,1H3. The van der Waals surface area contributed by atoms with Crippen LogP contribution in [-0.4, -0.2) is 25.3 Å². The molecule has 3 unspecified atom stereocenters. The molecule has 0 spiro atoms. The quantitative estimate of drug-likeness (QED) is 0.417. The lowest BCUT2D eigenvalue weighted by molar-refractivity contribution is -0.175. The number of nitriles is 1. The van der Waals surface area contributed by atoms with E-state index in [9.17, 15) is 13.9 Å². The van der Waals surface area contributed by atoms with Crippen molar-refractivity contribution in [3.63, 3.8) is 0 Å². The maximum Gasteiger partial charge on any atom is 0.326 e. The van der Waals surface area contributed by atoms with Crippen LogP contribution < -0.4 is 0 Å². The minimum Gasteiger partial charge on any atom is -0.374 e. The first kappa shape index (κ1) is 24.4. The SMILES string of the molecule is CC1C=C(C#Cc2ccc(C(F)(F)C(O)(c3cncnc3)c3ccc(F)cc3F)nc2)SC1C#N. The Labute approximate surface area is 202 Å². The summed E-state index contributed by atoms with van der Waals surface area (Å²) in [6, 6.07) is 6.35. The van der Waals surface area contributed by atoms with Crippen LogP contribution in [0.5, 0.6) is 0 Å². The number of aromatic nitrogens is 3. The van der Waals surface area contributed by atoms with E-state index < -0.39 is 40.0 Å². The molecular formula is C25H16F4N4OS. The summed E-state index contributed by atoms with van der Waals surface area (Å²) >= 11 is 1.33. The highest BCUT2D eigenvalue weighted by atomic mass is 32.2. The van der Waals surface area contributed by atoms with Crippen molar-refractivity contribution < 1.29 is 22.7 Å². The molecule has 4 rings (SSSR count). The van der Waals surface area contributed by atoms with Gasteiger partial charge in [-0.3, -0.25) is 4.98 Å². The maximum atomic E-state index is 15.8. The van der Waals surface area contributed by atoms with E-state index in [0.29, 0.717) is 16.5 Å². The maximum absolute atomic E-state index is 15.8. The second-order valence-electron chi connectivity index (χ2n) is 7.78. The molecule has 3 heterocycles. The molecule has 35 heavy (non-hydrogen) atoms. The Bertz CT molecular complexity index is 1380. The topological polar surface area (TPSA) is 82.7 Å². The van der Waals surface area contributed by atoms with Crippen molar-refractivity contribution in [2.24, 2.45) is 5.92 Å². The van der Waals surface area contributed by atoms with Gasteiger partial charge in [-0.1, -0.05) is 36.6 Å². The molecule has 0 bridgehead atoms. The van der Waals surface area contributed by atoms with E-state index in [1.165, 1.54) is 17.8 Å². The van der Waals surface area contributed by atoms with Crippen molar-refractivity contribution in [1.82, 2.24) is 15.0 Å².